The first-order valence-corrected chi connectivity index (χ1v) is 9.56. The van der Waals surface area contributed by atoms with Crippen molar-refractivity contribution in [2.75, 3.05) is 12.9 Å². The van der Waals surface area contributed by atoms with Gasteiger partial charge in [-0.1, -0.05) is 42.5 Å². The molecule has 0 saturated heterocycles. The molecule has 2 aromatic rings. The van der Waals surface area contributed by atoms with E-state index in [-0.39, 0.29) is 24.8 Å². The van der Waals surface area contributed by atoms with E-state index in [1.807, 2.05) is 6.07 Å². The van der Waals surface area contributed by atoms with Gasteiger partial charge in [0, 0.05) is 0 Å². The molecular formula is C18H17NO5S. The average molecular weight is 359 g/mol. The highest BCUT2D eigenvalue weighted by atomic mass is 32.2. The lowest BCUT2D eigenvalue weighted by molar-refractivity contribution is 0.0563. The van der Waals surface area contributed by atoms with Gasteiger partial charge in [0.25, 0.3) is 21.9 Å². The number of hydrogen-bond donors (Lipinski definition) is 0. The molecule has 1 heterocycles. The number of hydrogen-bond acceptors (Lipinski definition) is 5. The van der Waals surface area contributed by atoms with Crippen molar-refractivity contribution in [3.8, 4) is 0 Å². The number of carbonyl (C=O) groups is 2. The van der Waals surface area contributed by atoms with Gasteiger partial charge in [-0.3, -0.25) is 18.7 Å². The molecule has 0 spiro atoms. The number of carbonyl (C=O) groups excluding carboxylic acids is 2. The van der Waals surface area contributed by atoms with Crippen LogP contribution >= 0.6 is 0 Å². The van der Waals surface area contributed by atoms with Crippen molar-refractivity contribution in [3.63, 3.8) is 0 Å². The molecule has 7 heteroatoms. The second-order valence-corrected chi connectivity index (χ2v) is 7.41. The predicted molar refractivity (Wildman–Crippen MR) is 91.5 cm³/mol. The molecule has 0 N–H and O–H groups in total. The van der Waals surface area contributed by atoms with Crippen LogP contribution in [0.3, 0.4) is 0 Å². The Morgan fingerprint density at radius 2 is 1.44 bits per heavy atom. The highest BCUT2D eigenvalue weighted by molar-refractivity contribution is 7.85. The third kappa shape index (κ3) is 3.62. The number of benzene rings is 2. The molecule has 1 aliphatic heterocycles. The first-order chi connectivity index (χ1) is 11.9. The molecule has 1 atom stereocenters. The molecule has 1 unspecified atom stereocenters. The van der Waals surface area contributed by atoms with E-state index in [2.05, 4.69) is 0 Å². The summed E-state index contributed by atoms with van der Waals surface area (Å²) in [6, 6.07) is 15.1. The maximum Gasteiger partial charge on any atom is 0.264 e. The summed E-state index contributed by atoms with van der Waals surface area (Å²) in [4.78, 5) is 26.6. The van der Waals surface area contributed by atoms with E-state index >= 15 is 0 Å². The summed E-state index contributed by atoms with van der Waals surface area (Å²) in [5.74, 6) is -0.761. The summed E-state index contributed by atoms with van der Waals surface area (Å²) < 4.78 is 27.2. The molecule has 2 aromatic carbocycles. The molecule has 6 nitrogen and oxygen atoms in total. The number of imide groups is 1. The van der Waals surface area contributed by atoms with Gasteiger partial charge in [0.15, 0.2) is 0 Å². The lowest BCUT2D eigenvalue weighted by Crippen LogP contribution is -2.35. The molecule has 0 radical (unpaired) electrons. The zero-order valence-corrected chi connectivity index (χ0v) is 14.4. The first kappa shape index (κ1) is 17.3. The number of fused-ring (bicyclic) bond motifs is 1. The van der Waals surface area contributed by atoms with Gasteiger partial charge < -0.3 is 0 Å². The minimum atomic E-state index is -3.59. The van der Waals surface area contributed by atoms with Crippen molar-refractivity contribution in [1.82, 2.24) is 4.90 Å². The van der Waals surface area contributed by atoms with E-state index < -0.39 is 16.2 Å². The van der Waals surface area contributed by atoms with Crippen LogP contribution in [-0.2, 0) is 14.3 Å². The predicted octanol–water partition coefficient (Wildman–Crippen LogP) is 2.39. The maximum atomic E-state index is 12.7. The molecule has 0 aromatic heterocycles. The molecule has 0 aliphatic carbocycles. The van der Waals surface area contributed by atoms with Crippen LogP contribution in [0.25, 0.3) is 0 Å². The van der Waals surface area contributed by atoms with Gasteiger partial charge in [0.2, 0.25) is 0 Å². The zero-order valence-electron chi connectivity index (χ0n) is 13.6. The molecule has 0 bridgehead atoms. The van der Waals surface area contributed by atoms with Crippen LogP contribution in [0.5, 0.6) is 0 Å². The summed E-state index contributed by atoms with van der Waals surface area (Å²) in [6.45, 7) is -0.119. The van der Waals surface area contributed by atoms with Crippen LogP contribution in [0.1, 0.15) is 38.7 Å². The molecule has 2 amide bonds. The van der Waals surface area contributed by atoms with Crippen LogP contribution in [0, 0.1) is 0 Å². The highest BCUT2D eigenvalue weighted by Crippen LogP contribution is 2.33. The fraction of sp³-hybridized carbons (Fsp3) is 0.222. The second-order valence-electron chi connectivity index (χ2n) is 5.77. The minimum Gasteiger partial charge on any atom is -0.270 e. The molecular weight excluding hydrogens is 342 g/mol. The second kappa shape index (κ2) is 6.78. The van der Waals surface area contributed by atoms with E-state index in [1.54, 1.807) is 48.5 Å². The first-order valence-electron chi connectivity index (χ1n) is 7.75. The van der Waals surface area contributed by atoms with Gasteiger partial charge in [-0.05, 0) is 24.1 Å². The van der Waals surface area contributed by atoms with Crippen LogP contribution in [0.15, 0.2) is 54.6 Å². The van der Waals surface area contributed by atoms with Crippen LogP contribution < -0.4 is 0 Å². The van der Waals surface area contributed by atoms with Gasteiger partial charge >= 0.3 is 0 Å². The Bertz CT molecular complexity index is 873. The largest absolute Gasteiger partial charge is 0.270 e. The van der Waals surface area contributed by atoms with Crippen molar-refractivity contribution >= 4 is 21.9 Å². The van der Waals surface area contributed by atoms with E-state index in [9.17, 15) is 18.0 Å². The van der Waals surface area contributed by atoms with Crippen molar-refractivity contribution < 1.29 is 22.2 Å². The fourth-order valence-corrected chi connectivity index (χ4v) is 3.32. The van der Waals surface area contributed by atoms with Crippen molar-refractivity contribution in [2.45, 2.75) is 12.5 Å². The summed E-state index contributed by atoms with van der Waals surface area (Å²) in [7, 11) is -3.59. The topological polar surface area (TPSA) is 80.8 Å². The van der Waals surface area contributed by atoms with Gasteiger partial charge in [-0.15, -0.1) is 0 Å². The Balaban J connectivity index is 1.93. The van der Waals surface area contributed by atoms with Crippen molar-refractivity contribution in [1.29, 1.82) is 0 Å². The number of nitrogens with zero attached hydrogens (tertiary/aromatic N) is 1. The molecule has 3 rings (SSSR count). The zero-order chi connectivity index (χ0) is 18.0. The molecule has 25 heavy (non-hydrogen) atoms. The Kier molecular flexibility index (Phi) is 4.69. The monoisotopic (exact) mass is 359 g/mol. The normalized spacial score (nSPS) is 15.3. The van der Waals surface area contributed by atoms with Crippen LogP contribution in [-0.4, -0.2) is 38.0 Å². The Labute approximate surface area is 146 Å². The average Bonchev–Trinajstić information content (AvgIpc) is 2.84. The quantitative estimate of drug-likeness (QED) is 0.584. The Morgan fingerprint density at radius 3 is 1.96 bits per heavy atom. The third-order valence-corrected chi connectivity index (χ3v) is 4.61. The van der Waals surface area contributed by atoms with Crippen LogP contribution in [0.4, 0.5) is 0 Å². The summed E-state index contributed by atoms with van der Waals surface area (Å²) in [5.41, 5.74) is 1.46. The summed E-state index contributed by atoms with van der Waals surface area (Å²) in [5, 5.41) is 0. The maximum absolute atomic E-state index is 12.7. The SMILES string of the molecule is CS(=O)(=O)OCCC(c1ccccc1)N1C(=O)c2ccccc2C1=O. The fourth-order valence-electron chi connectivity index (χ4n) is 2.92. The van der Waals surface area contributed by atoms with Crippen LogP contribution in [0.2, 0.25) is 0 Å². The minimum absolute atomic E-state index is 0.119. The van der Waals surface area contributed by atoms with E-state index in [0.29, 0.717) is 11.1 Å². The third-order valence-electron chi connectivity index (χ3n) is 4.01. The molecule has 0 fully saturated rings. The van der Waals surface area contributed by atoms with Gasteiger partial charge in [-0.2, -0.15) is 8.42 Å². The van der Waals surface area contributed by atoms with E-state index in [4.69, 9.17) is 4.18 Å². The lowest BCUT2D eigenvalue weighted by atomic mass is 10.0. The smallest absolute Gasteiger partial charge is 0.264 e. The van der Waals surface area contributed by atoms with E-state index in [0.717, 1.165) is 11.8 Å². The lowest BCUT2D eigenvalue weighted by Gasteiger charge is -2.26. The number of amides is 2. The van der Waals surface area contributed by atoms with E-state index in [1.165, 1.54) is 4.90 Å². The molecule has 130 valence electrons. The summed E-state index contributed by atoms with van der Waals surface area (Å²) >= 11 is 0. The summed E-state index contributed by atoms with van der Waals surface area (Å²) in [6.07, 6.45) is 1.15. The number of rotatable bonds is 6. The van der Waals surface area contributed by atoms with Gasteiger partial charge in [0.05, 0.1) is 30.0 Å². The Hall–Kier alpha value is -2.51. The Morgan fingerprint density at radius 1 is 0.920 bits per heavy atom. The van der Waals surface area contributed by atoms with Crippen molar-refractivity contribution in [2.24, 2.45) is 0 Å². The van der Waals surface area contributed by atoms with Crippen molar-refractivity contribution in [3.05, 3.63) is 71.3 Å². The van der Waals surface area contributed by atoms with Gasteiger partial charge in [-0.25, -0.2) is 0 Å². The molecule has 0 saturated carbocycles. The highest BCUT2D eigenvalue weighted by Gasteiger charge is 2.40. The standard InChI is InChI=1S/C18H17NO5S/c1-25(22,23)24-12-11-16(13-7-3-2-4-8-13)19-17(20)14-9-5-6-10-15(14)18(19)21/h2-10,16H,11-12H2,1H3. The van der Waals surface area contributed by atoms with Gasteiger partial charge in [0.1, 0.15) is 0 Å². The molecule has 1 aliphatic rings.